The Morgan fingerprint density at radius 2 is 1.79 bits per heavy atom. The Labute approximate surface area is 274 Å². The number of hydrogen-bond donors (Lipinski definition) is 4. The zero-order valence-electron chi connectivity index (χ0n) is 26.0. The molecule has 262 valence electrons. The molecular weight excluding hydrogens is 641 g/mol. The molecule has 0 aromatic heterocycles. The Morgan fingerprint density at radius 1 is 1.06 bits per heavy atom. The Hall–Kier alpha value is -4.47. The number of amides is 1. The highest BCUT2D eigenvalue weighted by Crippen LogP contribution is 2.36. The Balaban J connectivity index is 1.34. The maximum absolute atomic E-state index is 12.9. The highest BCUT2D eigenvalue weighted by atomic mass is 19.4. The van der Waals surface area contributed by atoms with Crippen LogP contribution in [0, 0.1) is 22.0 Å². The van der Waals surface area contributed by atoms with Crippen LogP contribution in [0.4, 0.5) is 13.2 Å². The lowest BCUT2D eigenvalue weighted by atomic mass is 9.89. The number of nitrogens with one attached hydrogen (secondary N) is 1. The van der Waals surface area contributed by atoms with Gasteiger partial charge >= 0.3 is 12.1 Å². The number of rotatable bonds is 18. The second-order valence-electron chi connectivity index (χ2n) is 11.2. The van der Waals surface area contributed by atoms with Crippen LogP contribution in [0.15, 0.2) is 72.8 Å². The molecule has 2 aromatic carbocycles. The topological polar surface area (TPSA) is 178 Å². The molecule has 12 nitrogen and oxygen atoms in total. The quantitative estimate of drug-likeness (QED) is 0.0591. The molecule has 1 saturated carbocycles. The van der Waals surface area contributed by atoms with E-state index in [1.807, 2.05) is 12.2 Å². The van der Waals surface area contributed by atoms with Crippen molar-refractivity contribution < 1.29 is 57.5 Å². The van der Waals surface area contributed by atoms with Crippen LogP contribution in [0.25, 0.3) is 0 Å². The molecule has 0 unspecified atom stereocenters. The zero-order valence-corrected chi connectivity index (χ0v) is 26.0. The van der Waals surface area contributed by atoms with Crippen LogP contribution in [0.1, 0.15) is 48.8 Å². The third kappa shape index (κ3) is 13.0. The van der Waals surface area contributed by atoms with Gasteiger partial charge in [-0.25, -0.2) is 0 Å². The minimum Gasteiger partial charge on any atom is -0.491 e. The number of esters is 1. The first-order valence-corrected chi connectivity index (χ1v) is 15.3. The number of nitrogens with zero attached hydrogens (tertiary/aromatic N) is 1. The number of hydrogen-bond acceptors (Lipinski definition) is 10. The minimum atomic E-state index is -4.52. The summed E-state index contributed by atoms with van der Waals surface area (Å²) in [5, 5.41) is 43.2. The zero-order chi connectivity index (χ0) is 35.1. The van der Waals surface area contributed by atoms with Crippen molar-refractivity contribution in [3.8, 4) is 5.75 Å². The van der Waals surface area contributed by atoms with Crippen molar-refractivity contribution in [1.82, 2.24) is 5.32 Å². The summed E-state index contributed by atoms with van der Waals surface area (Å²) >= 11 is 0. The maximum atomic E-state index is 12.9. The average Bonchev–Trinajstić information content (AvgIpc) is 3.32. The van der Waals surface area contributed by atoms with Crippen LogP contribution in [-0.4, -0.2) is 63.7 Å². The number of carbonyl (C=O) groups excluding carboxylic acids is 2. The molecular formula is C33H39F3N2O10. The number of ether oxygens (including phenoxy) is 2. The van der Waals surface area contributed by atoms with Gasteiger partial charge in [-0.15, -0.1) is 10.1 Å². The third-order valence-electron chi connectivity index (χ3n) is 7.67. The summed E-state index contributed by atoms with van der Waals surface area (Å²) in [7, 11) is 0. The van der Waals surface area contributed by atoms with Gasteiger partial charge in [-0.1, -0.05) is 54.6 Å². The monoisotopic (exact) mass is 680 g/mol. The Kier molecular flexibility index (Phi) is 14.8. The Morgan fingerprint density at radius 3 is 2.50 bits per heavy atom. The van der Waals surface area contributed by atoms with Crippen molar-refractivity contribution in [1.29, 1.82) is 0 Å². The first-order valence-electron chi connectivity index (χ1n) is 15.3. The van der Waals surface area contributed by atoms with E-state index >= 15 is 0 Å². The van der Waals surface area contributed by atoms with Gasteiger partial charge < -0.3 is 34.9 Å². The molecule has 15 heteroatoms. The standard InChI is InChI=1S/C33H39F3N2O10/c34-33(35,36)24-10-7-11-26(16-24)46-21-25(39)14-15-28-27(29(40)17-30(28)41)12-3-1-2-4-13-31(42)37-18-32(43)47-19-22-8-5-6-9-23(22)20-48-38(44)45/h1,3,5-11,14-16,25,27-30,39-41H,2,4,12-13,17-21H2,(H,37,42)/b3-1-,15-14+/t25-,27-,28-,29+,30-/m1/s1. The van der Waals surface area contributed by atoms with Crippen LogP contribution < -0.4 is 10.1 Å². The molecule has 1 aliphatic rings. The molecule has 0 saturated heterocycles. The van der Waals surface area contributed by atoms with Gasteiger partial charge in [0.05, 0.1) is 17.8 Å². The fourth-order valence-electron chi connectivity index (χ4n) is 5.14. The summed E-state index contributed by atoms with van der Waals surface area (Å²) in [5.74, 6) is -1.89. The largest absolute Gasteiger partial charge is 0.491 e. The summed E-state index contributed by atoms with van der Waals surface area (Å²) in [5.41, 5.74) is 0.156. The molecule has 2 aromatic rings. The number of allylic oxidation sites excluding steroid dienone is 2. The van der Waals surface area contributed by atoms with Gasteiger partial charge in [0.15, 0.2) is 0 Å². The molecule has 0 spiro atoms. The first kappa shape index (κ1) is 38.0. The second-order valence-corrected chi connectivity index (χ2v) is 11.2. The number of halogens is 3. The van der Waals surface area contributed by atoms with Gasteiger partial charge in [-0.05, 0) is 54.5 Å². The summed E-state index contributed by atoms with van der Waals surface area (Å²) in [6.07, 6.45) is 1.08. The smallest absolute Gasteiger partial charge is 0.416 e. The van der Waals surface area contributed by atoms with E-state index in [1.54, 1.807) is 30.3 Å². The summed E-state index contributed by atoms with van der Waals surface area (Å²) in [6.45, 7) is -1.07. The predicted molar refractivity (Wildman–Crippen MR) is 164 cm³/mol. The van der Waals surface area contributed by atoms with E-state index in [0.29, 0.717) is 30.4 Å². The van der Waals surface area contributed by atoms with Crippen LogP contribution in [0.5, 0.6) is 5.75 Å². The number of aliphatic hydroxyl groups is 3. The number of aliphatic hydroxyl groups excluding tert-OH is 3. The lowest BCUT2D eigenvalue weighted by molar-refractivity contribution is -0.763. The number of alkyl halides is 3. The van der Waals surface area contributed by atoms with Gasteiger partial charge in [0.2, 0.25) is 5.91 Å². The summed E-state index contributed by atoms with van der Waals surface area (Å²) < 4.78 is 49.1. The number of carbonyl (C=O) groups is 2. The molecule has 0 heterocycles. The average molecular weight is 681 g/mol. The van der Waals surface area contributed by atoms with Crippen molar-refractivity contribution in [2.24, 2.45) is 11.8 Å². The molecule has 0 bridgehead atoms. The minimum absolute atomic E-state index is 0.0459. The molecule has 1 amide bonds. The van der Waals surface area contributed by atoms with Crippen molar-refractivity contribution in [2.45, 2.75) is 69.8 Å². The molecule has 5 atom stereocenters. The molecule has 0 radical (unpaired) electrons. The lowest BCUT2D eigenvalue weighted by Crippen LogP contribution is -2.30. The van der Waals surface area contributed by atoms with E-state index in [-0.39, 0.29) is 56.8 Å². The molecule has 3 rings (SSSR count). The van der Waals surface area contributed by atoms with Crippen LogP contribution in [0.2, 0.25) is 0 Å². The van der Waals surface area contributed by atoms with Crippen LogP contribution in [-0.2, 0) is 38.6 Å². The number of benzene rings is 2. The van der Waals surface area contributed by atoms with Crippen molar-refractivity contribution in [3.63, 3.8) is 0 Å². The summed E-state index contributed by atoms with van der Waals surface area (Å²) in [6, 6.07) is 10.9. The highest BCUT2D eigenvalue weighted by Gasteiger charge is 2.39. The van der Waals surface area contributed by atoms with Gasteiger partial charge in [-0.2, -0.15) is 13.2 Å². The van der Waals surface area contributed by atoms with Crippen LogP contribution in [0.3, 0.4) is 0 Å². The van der Waals surface area contributed by atoms with E-state index in [1.165, 1.54) is 18.2 Å². The van der Waals surface area contributed by atoms with Gasteiger partial charge in [0, 0.05) is 18.8 Å². The fourth-order valence-corrected chi connectivity index (χ4v) is 5.14. The van der Waals surface area contributed by atoms with E-state index in [0.717, 1.165) is 12.1 Å². The van der Waals surface area contributed by atoms with Crippen LogP contribution >= 0.6 is 0 Å². The third-order valence-corrected chi connectivity index (χ3v) is 7.67. The summed E-state index contributed by atoms with van der Waals surface area (Å²) in [4.78, 5) is 39.0. The van der Waals surface area contributed by atoms with E-state index in [4.69, 9.17) is 9.47 Å². The predicted octanol–water partition coefficient (Wildman–Crippen LogP) is 4.04. The van der Waals surface area contributed by atoms with E-state index < -0.39 is 47.0 Å². The van der Waals surface area contributed by atoms with Crippen molar-refractivity contribution >= 4 is 11.9 Å². The molecule has 1 fully saturated rings. The molecule has 48 heavy (non-hydrogen) atoms. The van der Waals surface area contributed by atoms with Gasteiger partial charge in [0.1, 0.15) is 38.2 Å². The first-order chi connectivity index (χ1) is 22.8. The molecule has 0 aliphatic heterocycles. The van der Waals surface area contributed by atoms with E-state index in [2.05, 4.69) is 10.2 Å². The molecule has 4 N–H and O–H groups in total. The fraction of sp³-hybridized carbons (Fsp3) is 0.455. The molecule has 1 aliphatic carbocycles. The maximum Gasteiger partial charge on any atom is 0.416 e. The Bertz CT molecular complexity index is 1420. The highest BCUT2D eigenvalue weighted by molar-refractivity contribution is 5.81. The van der Waals surface area contributed by atoms with Crippen molar-refractivity contribution in [2.75, 3.05) is 13.2 Å². The SMILES string of the molecule is O=C(CCC/C=C\C[C@@H]1[C@@H](/C=C/[C@@H](O)COc2cccc(C(F)(F)F)c2)[C@H](O)C[C@@H]1O)NCC(=O)OCc1ccccc1CO[N+](=O)[O-]. The van der Waals surface area contributed by atoms with E-state index in [9.17, 15) is 48.2 Å². The van der Waals surface area contributed by atoms with Crippen molar-refractivity contribution in [3.05, 3.63) is 99.6 Å². The van der Waals surface area contributed by atoms with Gasteiger partial charge in [-0.3, -0.25) is 9.59 Å². The van der Waals surface area contributed by atoms with Gasteiger partial charge in [0.25, 0.3) is 5.09 Å². The lowest BCUT2D eigenvalue weighted by Gasteiger charge is -2.19. The number of unbranched alkanes of at least 4 members (excludes halogenated alkanes) is 1. The normalized spacial score (nSPS) is 20.1. The second kappa shape index (κ2) is 18.8.